The third-order valence-corrected chi connectivity index (χ3v) is 4.79. The molecule has 0 aliphatic rings. The number of aromatic amines is 1. The summed E-state index contributed by atoms with van der Waals surface area (Å²) >= 11 is 0. The molecule has 28 heavy (non-hydrogen) atoms. The quantitative estimate of drug-likeness (QED) is 0.578. The summed E-state index contributed by atoms with van der Waals surface area (Å²) in [5.41, 5.74) is 6.41. The van der Waals surface area contributed by atoms with Crippen molar-refractivity contribution in [3.63, 3.8) is 0 Å². The Labute approximate surface area is 162 Å². The number of amides is 1. The van der Waals surface area contributed by atoms with E-state index in [0.717, 1.165) is 22.4 Å². The smallest absolute Gasteiger partial charge is 0.274 e. The van der Waals surface area contributed by atoms with E-state index in [1.54, 1.807) is 36.6 Å². The number of carbonyl (C=O) groups is 1. The third kappa shape index (κ3) is 3.48. The van der Waals surface area contributed by atoms with E-state index in [9.17, 15) is 4.79 Å². The van der Waals surface area contributed by atoms with Gasteiger partial charge in [0.1, 0.15) is 5.69 Å². The van der Waals surface area contributed by atoms with Gasteiger partial charge in [-0.25, -0.2) is 4.98 Å². The number of rotatable bonds is 5. The minimum Gasteiger partial charge on any atom is -0.334 e. The number of imidazole rings is 1. The molecule has 4 aromatic rings. The summed E-state index contributed by atoms with van der Waals surface area (Å²) < 4.78 is 2.05. The van der Waals surface area contributed by atoms with Crippen molar-refractivity contribution in [2.75, 3.05) is 7.05 Å². The normalized spacial score (nSPS) is 11.1. The lowest BCUT2D eigenvalue weighted by molar-refractivity contribution is 0.0777. The van der Waals surface area contributed by atoms with Gasteiger partial charge in [-0.15, -0.1) is 0 Å². The molecule has 3 heterocycles. The number of aromatic nitrogens is 6. The van der Waals surface area contributed by atoms with Gasteiger partial charge in [-0.1, -0.05) is 0 Å². The number of benzene rings is 1. The number of nitrogens with one attached hydrogen (secondary N) is 1. The van der Waals surface area contributed by atoms with Crippen molar-refractivity contribution in [3.05, 3.63) is 71.3 Å². The highest BCUT2D eigenvalue weighted by Crippen LogP contribution is 2.19. The first-order valence-corrected chi connectivity index (χ1v) is 8.98. The zero-order valence-corrected chi connectivity index (χ0v) is 16.0. The number of nitrogens with zero attached hydrogens (tertiary/aromatic N) is 6. The fourth-order valence-electron chi connectivity index (χ4n) is 3.10. The Bertz CT molecular complexity index is 1130. The Morgan fingerprint density at radius 1 is 1.14 bits per heavy atom. The molecular weight excluding hydrogens is 354 g/mol. The lowest BCUT2D eigenvalue weighted by atomic mass is 10.1. The zero-order valence-electron chi connectivity index (χ0n) is 16.0. The molecule has 0 spiro atoms. The van der Waals surface area contributed by atoms with E-state index in [4.69, 9.17) is 0 Å². The standard InChI is InChI=1S/C20H21N7O/c1-13-6-17-19(7-14(13)2)27(12-23-17)11-15-8-18(25-24-15)20(28)26(3)10-16-9-21-4-5-22-16/h4-9,12H,10-11H2,1-3H3,(H,24,25). The van der Waals surface area contributed by atoms with E-state index in [0.29, 0.717) is 18.8 Å². The first-order valence-electron chi connectivity index (χ1n) is 8.98. The van der Waals surface area contributed by atoms with Crippen LogP contribution in [0.15, 0.2) is 43.1 Å². The molecular formula is C20H21N7O. The lowest BCUT2D eigenvalue weighted by Crippen LogP contribution is -2.27. The highest BCUT2D eigenvalue weighted by atomic mass is 16.2. The van der Waals surface area contributed by atoms with Crippen molar-refractivity contribution in [2.45, 2.75) is 26.9 Å². The average molecular weight is 375 g/mol. The van der Waals surface area contributed by atoms with Crippen LogP contribution in [0.4, 0.5) is 0 Å². The van der Waals surface area contributed by atoms with Crippen LogP contribution in [-0.2, 0) is 13.1 Å². The molecule has 0 aliphatic heterocycles. The van der Waals surface area contributed by atoms with Crippen molar-refractivity contribution >= 4 is 16.9 Å². The van der Waals surface area contributed by atoms with Gasteiger partial charge in [0.15, 0.2) is 0 Å². The number of carbonyl (C=O) groups excluding carboxylic acids is 1. The predicted molar refractivity (Wildman–Crippen MR) is 105 cm³/mol. The Kier molecular flexibility index (Phi) is 4.60. The van der Waals surface area contributed by atoms with Crippen LogP contribution in [0.5, 0.6) is 0 Å². The van der Waals surface area contributed by atoms with Gasteiger partial charge < -0.3 is 9.47 Å². The van der Waals surface area contributed by atoms with Gasteiger partial charge in [0.2, 0.25) is 0 Å². The van der Waals surface area contributed by atoms with Crippen LogP contribution in [0.25, 0.3) is 11.0 Å². The second-order valence-electron chi connectivity index (χ2n) is 6.93. The summed E-state index contributed by atoms with van der Waals surface area (Å²) in [5.74, 6) is -0.171. The summed E-state index contributed by atoms with van der Waals surface area (Å²) in [5, 5.41) is 7.15. The summed E-state index contributed by atoms with van der Waals surface area (Å²) in [6.07, 6.45) is 6.67. The summed E-state index contributed by atoms with van der Waals surface area (Å²) in [6.45, 7) is 5.11. The number of H-pyrrole nitrogens is 1. The number of hydrogen-bond acceptors (Lipinski definition) is 5. The molecule has 0 saturated heterocycles. The largest absolute Gasteiger partial charge is 0.334 e. The van der Waals surface area contributed by atoms with E-state index in [1.807, 2.05) is 10.9 Å². The molecule has 4 rings (SSSR count). The minimum atomic E-state index is -0.171. The Balaban J connectivity index is 1.50. The van der Waals surface area contributed by atoms with Crippen LogP contribution in [0.2, 0.25) is 0 Å². The van der Waals surface area contributed by atoms with Gasteiger partial charge in [0, 0.05) is 19.4 Å². The maximum absolute atomic E-state index is 12.6. The zero-order chi connectivity index (χ0) is 19.7. The minimum absolute atomic E-state index is 0.171. The molecule has 0 aliphatic carbocycles. The molecule has 142 valence electrons. The van der Waals surface area contributed by atoms with Crippen LogP contribution in [0.1, 0.15) is 33.0 Å². The highest BCUT2D eigenvalue weighted by molar-refractivity contribution is 5.92. The molecule has 0 fully saturated rings. The van der Waals surface area contributed by atoms with Crippen LogP contribution in [-0.4, -0.2) is 47.6 Å². The SMILES string of the molecule is Cc1cc2ncn(Cc3cc(C(=O)N(C)Cc4cnccn4)n[nH]3)c2cc1C. The van der Waals surface area contributed by atoms with Gasteiger partial charge >= 0.3 is 0 Å². The molecule has 1 amide bonds. The van der Waals surface area contributed by atoms with Gasteiger partial charge in [-0.2, -0.15) is 5.10 Å². The molecule has 8 nitrogen and oxygen atoms in total. The summed E-state index contributed by atoms with van der Waals surface area (Å²) in [4.78, 5) is 26.9. The van der Waals surface area contributed by atoms with Gasteiger partial charge in [-0.3, -0.25) is 19.9 Å². The Morgan fingerprint density at radius 3 is 2.75 bits per heavy atom. The second-order valence-corrected chi connectivity index (χ2v) is 6.93. The van der Waals surface area contributed by atoms with Crippen LogP contribution in [0.3, 0.4) is 0 Å². The van der Waals surface area contributed by atoms with E-state index in [2.05, 4.69) is 51.1 Å². The number of fused-ring (bicyclic) bond motifs is 1. The Hall–Kier alpha value is -3.55. The maximum atomic E-state index is 12.6. The van der Waals surface area contributed by atoms with Crippen molar-refractivity contribution in [2.24, 2.45) is 0 Å². The molecule has 8 heteroatoms. The van der Waals surface area contributed by atoms with Crippen LogP contribution < -0.4 is 0 Å². The molecule has 0 radical (unpaired) electrons. The van der Waals surface area contributed by atoms with Crippen molar-refractivity contribution in [1.82, 2.24) is 34.6 Å². The average Bonchev–Trinajstić information content (AvgIpc) is 3.30. The van der Waals surface area contributed by atoms with Crippen LogP contribution >= 0.6 is 0 Å². The lowest BCUT2D eigenvalue weighted by Gasteiger charge is -2.14. The first kappa shape index (κ1) is 17.8. The molecule has 0 bridgehead atoms. The van der Waals surface area contributed by atoms with Crippen molar-refractivity contribution < 1.29 is 4.79 Å². The van der Waals surface area contributed by atoms with Gasteiger partial charge in [0.25, 0.3) is 5.91 Å². The first-order chi connectivity index (χ1) is 13.5. The fourth-order valence-corrected chi connectivity index (χ4v) is 3.10. The molecule has 3 aromatic heterocycles. The summed E-state index contributed by atoms with van der Waals surface area (Å²) in [7, 11) is 1.72. The fraction of sp³-hybridized carbons (Fsp3) is 0.250. The maximum Gasteiger partial charge on any atom is 0.274 e. The van der Waals surface area contributed by atoms with E-state index >= 15 is 0 Å². The second kappa shape index (κ2) is 7.22. The number of aryl methyl sites for hydroxylation is 2. The van der Waals surface area contributed by atoms with E-state index < -0.39 is 0 Å². The monoisotopic (exact) mass is 375 g/mol. The summed E-state index contributed by atoms with van der Waals surface area (Å²) in [6, 6.07) is 6.00. The van der Waals surface area contributed by atoms with E-state index in [1.165, 1.54) is 11.1 Å². The number of hydrogen-bond donors (Lipinski definition) is 1. The topological polar surface area (TPSA) is 92.6 Å². The molecule has 0 saturated carbocycles. The molecule has 1 aromatic carbocycles. The molecule has 1 N–H and O–H groups in total. The Morgan fingerprint density at radius 2 is 1.96 bits per heavy atom. The molecule has 0 atom stereocenters. The van der Waals surface area contributed by atoms with Crippen molar-refractivity contribution in [1.29, 1.82) is 0 Å². The molecule has 0 unspecified atom stereocenters. The van der Waals surface area contributed by atoms with Gasteiger partial charge in [0.05, 0.1) is 48.0 Å². The predicted octanol–water partition coefficient (Wildman–Crippen LogP) is 2.49. The van der Waals surface area contributed by atoms with Crippen molar-refractivity contribution in [3.8, 4) is 0 Å². The van der Waals surface area contributed by atoms with E-state index in [-0.39, 0.29) is 5.91 Å². The highest BCUT2D eigenvalue weighted by Gasteiger charge is 2.17. The van der Waals surface area contributed by atoms with Gasteiger partial charge in [-0.05, 0) is 43.2 Å². The van der Waals surface area contributed by atoms with Crippen LogP contribution in [0, 0.1) is 13.8 Å². The third-order valence-electron chi connectivity index (χ3n) is 4.79.